The van der Waals surface area contributed by atoms with E-state index in [9.17, 15) is 33.6 Å². The van der Waals surface area contributed by atoms with E-state index >= 15 is 0 Å². The average Bonchev–Trinajstić information content (AvgIpc) is 3.20. The van der Waals surface area contributed by atoms with Crippen molar-refractivity contribution in [1.82, 2.24) is 29.5 Å². The van der Waals surface area contributed by atoms with Gasteiger partial charge in [0.15, 0.2) is 11.2 Å². The highest BCUT2D eigenvalue weighted by Crippen LogP contribution is 2.20. The van der Waals surface area contributed by atoms with Crippen LogP contribution in [0.5, 0.6) is 0 Å². The summed E-state index contributed by atoms with van der Waals surface area (Å²) in [5.41, 5.74) is 3.47. The predicted octanol–water partition coefficient (Wildman–Crippen LogP) is -1.20. The van der Waals surface area contributed by atoms with Gasteiger partial charge in [-0.05, 0) is 11.1 Å². The number of ketones is 1. The average molecular weight is 493 g/mol. The van der Waals surface area contributed by atoms with Gasteiger partial charge in [0.2, 0.25) is 6.67 Å². The first kappa shape index (κ1) is 27.3. The molecule has 14 heteroatoms. The molecular weight excluding hydrogens is 462 g/mol. The maximum Gasteiger partial charge on any atom is 0.374 e. The van der Waals surface area contributed by atoms with Gasteiger partial charge in [-0.1, -0.05) is 13.3 Å². The van der Waals surface area contributed by atoms with Crippen LogP contribution in [-0.2, 0) is 44.7 Å². The van der Waals surface area contributed by atoms with Gasteiger partial charge >= 0.3 is 11.6 Å². The molecule has 0 aliphatic rings. The van der Waals surface area contributed by atoms with Gasteiger partial charge < -0.3 is 4.79 Å². The number of rotatable bonds is 9. The lowest BCUT2D eigenvalue weighted by Crippen LogP contribution is -2.73. The Kier molecular flexibility index (Phi) is 8.57. The molecule has 0 aromatic carbocycles. The third kappa shape index (κ3) is 5.59. The molecule has 190 valence electrons. The molecule has 3 amide bonds. The fourth-order valence-electron chi connectivity index (χ4n) is 3.90. The molecule has 2 heterocycles. The Morgan fingerprint density at radius 3 is 2.20 bits per heavy atom. The van der Waals surface area contributed by atoms with Gasteiger partial charge in [-0.3, -0.25) is 32.9 Å². The summed E-state index contributed by atoms with van der Waals surface area (Å²) in [6.45, 7) is 3.47. The molecule has 1 unspecified atom stereocenters. The van der Waals surface area contributed by atoms with Gasteiger partial charge in [0.25, 0.3) is 17.4 Å². The maximum atomic E-state index is 13.8. The summed E-state index contributed by atoms with van der Waals surface area (Å²) in [6.07, 6.45) is 2.03. The zero-order valence-corrected chi connectivity index (χ0v) is 20.4. The Labute approximate surface area is 200 Å². The molecular formula is C21H30N7O7+. The number of carbonyl (C=O) groups is 5. The summed E-state index contributed by atoms with van der Waals surface area (Å²) in [7, 11) is 2.69. The molecule has 0 fully saturated rings. The lowest BCUT2D eigenvalue weighted by Gasteiger charge is -2.35. The van der Waals surface area contributed by atoms with Crippen molar-refractivity contribution >= 4 is 41.0 Å². The molecule has 0 saturated carbocycles. The van der Waals surface area contributed by atoms with Crippen molar-refractivity contribution < 1.29 is 28.7 Å². The minimum atomic E-state index is -1.25. The van der Waals surface area contributed by atoms with Crippen LogP contribution in [0.4, 0.5) is 0 Å². The standard InChI is InChI=1S/C21H29N7O7/c1-6-8-15(16(32)9-7-10-29)20(34)28(23-13(2)30,24-14(3)31)12-27-11-22-18-17(27)19(33)26(5)21(35)25(18)4/h10-11,15H,6-9,12H2,1-5H3,(H-,23,24,30,31)/p+1. The van der Waals surface area contributed by atoms with Crippen molar-refractivity contribution in [3.8, 4) is 0 Å². The highest BCUT2D eigenvalue weighted by molar-refractivity contribution is 5.99. The molecule has 35 heavy (non-hydrogen) atoms. The van der Waals surface area contributed by atoms with Crippen molar-refractivity contribution in [3.63, 3.8) is 0 Å². The van der Waals surface area contributed by atoms with Crippen LogP contribution < -0.4 is 22.1 Å². The molecule has 14 nitrogen and oxygen atoms in total. The number of amides is 3. The van der Waals surface area contributed by atoms with Crippen LogP contribution >= 0.6 is 0 Å². The first-order chi connectivity index (χ1) is 16.4. The highest BCUT2D eigenvalue weighted by Gasteiger charge is 2.48. The molecule has 2 aromatic rings. The van der Waals surface area contributed by atoms with Crippen LogP contribution in [0.3, 0.4) is 0 Å². The number of quaternary nitrogens is 1. The number of nitrogens with zero attached hydrogens (tertiary/aromatic N) is 5. The van der Waals surface area contributed by atoms with E-state index in [2.05, 4.69) is 15.8 Å². The zero-order chi connectivity index (χ0) is 26.5. The summed E-state index contributed by atoms with van der Waals surface area (Å²) in [5.74, 6) is -4.02. The van der Waals surface area contributed by atoms with Crippen LogP contribution in [0.1, 0.15) is 46.5 Å². The summed E-state index contributed by atoms with van der Waals surface area (Å²) in [6, 6.07) is 0. The van der Waals surface area contributed by atoms with E-state index in [-0.39, 0.29) is 30.4 Å². The first-order valence-electron chi connectivity index (χ1n) is 11.0. The molecule has 0 aliphatic heterocycles. The number of aromatic nitrogens is 4. The molecule has 2 rings (SSSR count). The van der Waals surface area contributed by atoms with E-state index in [4.69, 9.17) is 0 Å². The van der Waals surface area contributed by atoms with Crippen LogP contribution in [-0.4, -0.2) is 53.2 Å². The van der Waals surface area contributed by atoms with Crippen LogP contribution in [0.15, 0.2) is 15.9 Å². The van der Waals surface area contributed by atoms with E-state index in [1.807, 2.05) is 0 Å². The minimum Gasteiger partial charge on any atom is -0.303 e. The Balaban J connectivity index is 2.75. The van der Waals surface area contributed by atoms with Crippen molar-refractivity contribution in [2.45, 2.75) is 53.1 Å². The lowest BCUT2D eigenvalue weighted by molar-refractivity contribution is -0.944. The topological polar surface area (TPSA) is 171 Å². The molecule has 0 saturated heterocycles. The van der Waals surface area contributed by atoms with Gasteiger partial charge in [0.05, 0.1) is 0 Å². The van der Waals surface area contributed by atoms with E-state index in [1.54, 1.807) is 6.92 Å². The van der Waals surface area contributed by atoms with Crippen molar-refractivity contribution in [2.24, 2.45) is 20.0 Å². The fraction of sp³-hybridized carbons (Fsp3) is 0.524. The summed E-state index contributed by atoms with van der Waals surface area (Å²) < 4.78 is 2.00. The number of hydrogen-bond acceptors (Lipinski definition) is 8. The number of imidazole rings is 1. The first-order valence-corrected chi connectivity index (χ1v) is 11.0. The summed E-state index contributed by atoms with van der Waals surface area (Å²) >= 11 is 0. The van der Waals surface area contributed by atoms with Gasteiger partial charge in [-0.25, -0.2) is 14.6 Å². The molecule has 0 aliphatic carbocycles. The number of aldehydes is 1. The van der Waals surface area contributed by atoms with Gasteiger partial charge in [-0.15, -0.1) is 0 Å². The summed E-state index contributed by atoms with van der Waals surface area (Å²) in [5, 5.41) is 0. The second-order valence-electron chi connectivity index (χ2n) is 8.23. The Morgan fingerprint density at radius 1 is 1.09 bits per heavy atom. The molecule has 0 bridgehead atoms. The molecule has 1 atom stereocenters. The normalized spacial score (nSPS) is 12.3. The predicted molar refractivity (Wildman–Crippen MR) is 122 cm³/mol. The largest absolute Gasteiger partial charge is 0.374 e. The SMILES string of the molecule is CCCC(C(=O)CCC=O)C(=O)[N+](Cn1cnc2c1c(=O)n(C)c(=O)n2C)(NC(C)=O)NC(C)=O. The lowest BCUT2D eigenvalue weighted by atomic mass is 9.94. The molecule has 0 spiro atoms. The van der Waals surface area contributed by atoms with Gasteiger partial charge in [0.1, 0.15) is 24.3 Å². The van der Waals surface area contributed by atoms with E-state index < -0.39 is 52.0 Å². The van der Waals surface area contributed by atoms with Crippen molar-refractivity contribution in [2.75, 3.05) is 0 Å². The van der Waals surface area contributed by atoms with Crippen molar-refractivity contribution in [1.29, 1.82) is 0 Å². The Morgan fingerprint density at radius 2 is 1.69 bits per heavy atom. The molecule has 2 aromatic heterocycles. The molecule has 2 N–H and O–H groups in total. The Bertz CT molecular complexity index is 1270. The minimum absolute atomic E-state index is 0.0291. The summed E-state index contributed by atoms with van der Waals surface area (Å²) in [4.78, 5) is 91.0. The number of fused-ring (bicyclic) bond motifs is 1. The van der Waals surface area contributed by atoms with Gasteiger partial charge in [0, 0.05) is 40.8 Å². The molecule has 0 radical (unpaired) electrons. The van der Waals surface area contributed by atoms with E-state index in [0.29, 0.717) is 12.7 Å². The number of nitrogens with one attached hydrogen (secondary N) is 2. The second-order valence-corrected chi connectivity index (χ2v) is 8.23. The number of carbonyl (C=O) groups excluding carboxylic acids is 5. The fourth-order valence-corrected chi connectivity index (χ4v) is 3.90. The van der Waals surface area contributed by atoms with E-state index in [0.717, 1.165) is 23.0 Å². The monoisotopic (exact) mass is 492 g/mol. The Hall–Kier alpha value is -3.94. The number of hydrogen-bond donors (Lipinski definition) is 2. The zero-order valence-electron chi connectivity index (χ0n) is 20.4. The van der Waals surface area contributed by atoms with Gasteiger partial charge in [-0.2, -0.15) is 10.9 Å². The quantitative estimate of drug-likeness (QED) is 0.190. The second kappa shape index (κ2) is 11.0. The third-order valence-electron chi connectivity index (χ3n) is 5.43. The van der Waals surface area contributed by atoms with Crippen LogP contribution in [0.2, 0.25) is 0 Å². The van der Waals surface area contributed by atoms with Crippen molar-refractivity contribution in [3.05, 3.63) is 27.2 Å². The van der Waals surface area contributed by atoms with Crippen LogP contribution in [0, 0.1) is 5.92 Å². The number of aryl methyl sites for hydroxylation is 1. The van der Waals surface area contributed by atoms with Crippen LogP contribution in [0.25, 0.3) is 11.2 Å². The smallest absolute Gasteiger partial charge is 0.303 e. The number of Topliss-reactive ketones (excluding diaryl/α,β-unsaturated/α-hetero) is 1. The maximum absolute atomic E-state index is 13.8. The third-order valence-corrected chi connectivity index (χ3v) is 5.43. The highest BCUT2D eigenvalue weighted by atomic mass is 16.2. The van der Waals surface area contributed by atoms with E-state index in [1.165, 1.54) is 25.0 Å².